The Bertz CT molecular complexity index is 833. The fraction of sp³-hybridized carbons (Fsp3) is 0.250. The molecule has 0 aliphatic heterocycles. The fourth-order valence-electron chi connectivity index (χ4n) is 2.28. The van der Waals surface area contributed by atoms with Crippen LogP contribution in [0.1, 0.15) is 40.5 Å². The molecule has 142 valence electrons. The number of esters is 1. The monoisotopic (exact) mass is 389 g/mol. The molecule has 6 nitrogen and oxygen atoms in total. The molecule has 27 heavy (non-hydrogen) atoms. The molecule has 2 rings (SSSR count). The summed E-state index contributed by atoms with van der Waals surface area (Å²) in [7, 11) is 1.28. The summed E-state index contributed by atoms with van der Waals surface area (Å²) in [6.07, 6.45) is 1.22. The Morgan fingerprint density at radius 2 is 1.70 bits per heavy atom. The predicted molar refractivity (Wildman–Crippen MR) is 103 cm³/mol. The molecule has 2 aromatic rings. The number of rotatable bonds is 8. The van der Waals surface area contributed by atoms with E-state index in [1.807, 2.05) is 6.92 Å². The SMILES string of the molecule is CCCC(=O)Nc1ccc(C(=O)COc2ccc(C(=O)OC)cc2Cl)cc1. The van der Waals surface area contributed by atoms with Crippen LogP contribution in [0.5, 0.6) is 5.75 Å². The first-order valence-corrected chi connectivity index (χ1v) is 8.76. The minimum atomic E-state index is -0.509. The minimum absolute atomic E-state index is 0.0649. The first kappa shape index (κ1) is 20.5. The van der Waals surface area contributed by atoms with Crippen molar-refractivity contribution < 1.29 is 23.9 Å². The lowest BCUT2D eigenvalue weighted by atomic mass is 10.1. The van der Waals surface area contributed by atoms with E-state index in [2.05, 4.69) is 10.1 Å². The third-order valence-corrected chi connectivity index (χ3v) is 3.97. The second-order valence-corrected chi connectivity index (χ2v) is 6.13. The molecule has 0 unspecified atom stereocenters. The highest BCUT2D eigenvalue weighted by Gasteiger charge is 2.12. The van der Waals surface area contributed by atoms with Gasteiger partial charge in [0.25, 0.3) is 0 Å². The van der Waals surface area contributed by atoms with Crippen molar-refractivity contribution >= 4 is 34.9 Å². The van der Waals surface area contributed by atoms with E-state index in [1.165, 1.54) is 25.3 Å². The maximum absolute atomic E-state index is 12.3. The number of benzene rings is 2. The first-order valence-electron chi connectivity index (χ1n) is 8.38. The maximum Gasteiger partial charge on any atom is 0.337 e. The second-order valence-electron chi connectivity index (χ2n) is 5.72. The van der Waals surface area contributed by atoms with E-state index >= 15 is 0 Å². The van der Waals surface area contributed by atoms with Crippen molar-refractivity contribution in [1.82, 2.24) is 0 Å². The summed E-state index contributed by atoms with van der Waals surface area (Å²) in [5.74, 6) is -0.522. The largest absolute Gasteiger partial charge is 0.484 e. The molecule has 0 saturated carbocycles. The molecular weight excluding hydrogens is 370 g/mol. The zero-order valence-corrected chi connectivity index (χ0v) is 15.8. The van der Waals surface area contributed by atoms with Gasteiger partial charge in [-0.05, 0) is 48.9 Å². The number of methoxy groups -OCH3 is 1. The topological polar surface area (TPSA) is 81.7 Å². The summed E-state index contributed by atoms with van der Waals surface area (Å²) in [6.45, 7) is 1.72. The van der Waals surface area contributed by atoms with Crippen molar-refractivity contribution in [3.8, 4) is 5.75 Å². The van der Waals surface area contributed by atoms with E-state index in [0.29, 0.717) is 29.0 Å². The van der Waals surface area contributed by atoms with E-state index < -0.39 is 5.97 Å². The van der Waals surface area contributed by atoms with Gasteiger partial charge < -0.3 is 14.8 Å². The van der Waals surface area contributed by atoms with E-state index in [1.54, 1.807) is 24.3 Å². The van der Waals surface area contributed by atoms with Crippen LogP contribution in [-0.2, 0) is 9.53 Å². The number of hydrogen-bond acceptors (Lipinski definition) is 5. The van der Waals surface area contributed by atoms with Gasteiger partial charge in [-0.2, -0.15) is 0 Å². The van der Waals surface area contributed by atoms with Gasteiger partial charge in [0.2, 0.25) is 5.91 Å². The van der Waals surface area contributed by atoms with E-state index in [-0.39, 0.29) is 23.3 Å². The van der Waals surface area contributed by atoms with E-state index in [4.69, 9.17) is 16.3 Å². The quantitative estimate of drug-likeness (QED) is 0.542. The van der Waals surface area contributed by atoms with Crippen LogP contribution in [0.3, 0.4) is 0 Å². The average Bonchev–Trinajstić information content (AvgIpc) is 2.66. The van der Waals surface area contributed by atoms with Gasteiger partial charge in [0.1, 0.15) is 5.75 Å². The van der Waals surface area contributed by atoms with Gasteiger partial charge in [-0.15, -0.1) is 0 Å². The molecule has 1 N–H and O–H groups in total. The number of amides is 1. The van der Waals surface area contributed by atoms with Crippen molar-refractivity contribution in [1.29, 1.82) is 0 Å². The highest BCUT2D eigenvalue weighted by molar-refractivity contribution is 6.32. The van der Waals surface area contributed by atoms with Crippen molar-refractivity contribution in [2.24, 2.45) is 0 Å². The molecular formula is C20H20ClNO5. The molecule has 0 aromatic heterocycles. The van der Waals surface area contributed by atoms with Crippen molar-refractivity contribution in [2.45, 2.75) is 19.8 Å². The zero-order chi connectivity index (χ0) is 19.8. The number of halogens is 1. The molecule has 0 heterocycles. The van der Waals surface area contributed by atoms with Crippen molar-refractivity contribution in [3.05, 3.63) is 58.6 Å². The highest BCUT2D eigenvalue weighted by Crippen LogP contribution is 2.26. The summed E-state index contributed by atoms with van der Waals surface area (Å²) in [5.41, 5.74) is 1.38. The third-order valence-electron chi connectivity index (χ3n) is 3.68. The Morgan fingerprint density at radius 3 is 2.30 bits per heavy atom. The van der Waals surface area contributed by atoms with Gasteiger partial charge in [-0.25, -0.2) is 4.79 Å². The normalized spacial score (nSPS) is 10.2. The van der Waals surface area contributed by atoms with Crippen molar-refractivity contribution in [2.75, 3.05) is 19.0 Å². The minimum Gasteiger partial charge on any atom is -0.484 e. The lowest BCUT2D eigenvalue weighted by Crippen LogP contribution is -2.13. The Hall–Kier alpha value is -2.86. The Kier molecular flexibility index (Phi) is 7.37. The molecule has 7 heteroatoms. The van der Waals surface area contributed by atoms with Crippen LogP contribution in [0.4, 0.5) is 5.69 Å². The van der Waals surface area contributed by atoms with Crippen LogP contribution < -0.4 is 10.1 Å². The molecule has 0 radical (unpaired) electrons. The zero-order valence-electron chi connectivity index (χ0n) is 15.1. The fourth-order valence-corrected chi connectivity index (χ4v) is 2.51. The molecule has 0 bridgehead atoms. The number of nitrogens with one attached hydrogen (secondary N) is 1. The summed E-state index contributed by atoms with van der Waals surface area (Å²) >= 11 is 6.07. The Morgan fingerprint density at radius 1 is 1.04 bits per heavy atom. The van der Waals surface area contributed by atoms with Gasteiger partial charge in [0.05, 0.1) is 17.7 Å². The van der Waals surface area contributed by atoms with Crippen LogP contribution >= 0.6 is 11.6 Å². The van der Waals surface area contributed by atoms with Crippen molar-refractivity contribution in [3.63, 3.8) is 0 Å². The molecule has 0 aliphatic carbocycles. The summed E-state index contributed by atoms with van der Waals surface area (Å²) < 4.78 is 10.1. The third kappa shape index (κ3) is 5.82. The van der Waals surface area contributed by atoms with Gasteiger partial charge >= 0.3 is 5.97 Å². The first-order chi connectivity index (χ1) is 12.9. The number of ketones is 1. The van der Waals surface area contributed by atoms with Crippen LogP contribution in [0.25, 0.3) is 0 Å². The van der Waals surface area contributed by atoms with E-state index in [9.17, 15) is 14.4 Å². The Labute approximate surface area is 162 Å². The van der Waals surface area contributed by atoms with Gasteiger partial charge in [-0.1, -0.05) is 18.5 Å². The van der Waals surface area contributed by atoms with E-state index in [0.717, 1.165) is 6.42 Å². The Balaban J connectivity index is 1.95. The lowest BCUT2D eigenvalue weighted by molar-refractivity contribution is -0.116. The van der Waals surface area contributed by atoms with Crippen LogP contribution in [-0.4, -0.2) is 31.4 Å². The number of carbonyl (C=O) groups excluding carboxylic acids is 3. The number of Topliss-reactive ketones (excluding diaryl/α,β-unsaturated/α-hetero) is 1. The second kappa shape index (κ2) is 9.73. The molecule has 0 fully saturated rings. The molecule has 0 saturated heterocycles. The standard InChI is InChI=1S/C20H20ClNO5/c1-3-4-19(24)22-15-8-5-13(6-9-15)17(23)12-27-18-10-7-14(11-16(18)21)20(25)26-2/h5-11H,3-4,12H2,1-2H3,(H,22,24). The molecule has 2 aromatic carbocycles. The average molecular weight is 390 g/mol. The van der Waals surface area contributed by atoms with Crippen LogP contribution in [0.2, 0.25) is 5.02 Å². The number of anilines is 1. The smallest absolute Gasteiger partial charge is 0.337 e. The maximum atomic E-state index is 12.3. The van der Waals surface area contributed by atoms with Gasteiger partial charge in [0.15, 0.2) is 12.4 Å². The summed E-state index contributed by atoms with van der Waals surface area (Å²) in [5, 5.41) is 2.96. The lowest BCUT2D eigenvalue weighted by Gasteiger charge is -2.09. The molecule has 1 amide bonds. The molecule has 0 spiro atoms. The van der Waals surface area contributed by atoms with Crippen LogP contribution in [0.15, 0.2) is 42.5 Å². The molecule has 0 aliphatic rings. The number of carbonyl (C=O) groups is 3. The molecule has 0 atom stereocenters. The van der Waals surface area contributed by atoms with Crippen LogP contribution in [0, 0.1) is 0 Å². The number of hydrogen-bond donors (Lipinski definition) is 1. The highest BCUT2D eigenvalue weighted by atomic mass is 35.5. The summed E-state index contributed by atoms with van der Waals surface area (Å²) in [6, 6.07) is 11.0. The summed E-state index contributed by atoms with van der Waals surface area (Å²) in [4.78, 5) is 35.3. The van der Waals surface area contributed by atoms with Gasteiger partial charge in [0, 0.05) is 17.7 Å². The predicted octanol–water partition coefficient (Wildman–Crippen LogP) is 4.13. The number of ether oxygens (including phenoxy) is 2. The van der Waals surface area contributed by atoms with Gasteiger partial charge in [-0.3, -0.25) is 9.59 Å².